The molecule has 0 radical (unpaired) electrons. The van der Waals surface area contributed by atoms with Gasteiger partial charge in [0, 0.05) is 13.6 Å². The first-order chi connectivity index (χ1) is 4.18. The number of hydrogen-bond donors (Lipinski definition) is 1. The molecule has 3 heteroatoms. The maximum atomic E-state index is 8.15. The van der Waals surface area contributed by atoms with E-state index in [1.807, 2.05) is 6.07 Å². The van der Waals surface area contributed by atoms with Crippen molar-refractivity contribution in [3.8, 4) is 6.07 Å². The smallest absolute Gasteiger partial charge is 0.0923 e. The van der Waals surface area contributed by atoms with Gasteiger partial charge in [0.25, 0.3) is 0 Å². The van der Waals surface area contributed by atoms with E-state index in [0.29, 0.717) is 18.8 Å². The summed E-state index contributed by atoms with van der Waals surface area (Å²) in [6.07, 6.45) is 0.493. The van der Waals surface area contributed by atoms with E-state index in [9.17, 15) is 0 Å². The molecule has 0 heterocycles. The molecule has 3 nitrogen and oxygen atoms in total. The van der Waals surface area contributed by atoms with Crippen molar-refractivity contribution in [3.63, 3.8) is 0 Å². The Morgan fingerprint density at radius 2 is 2.33 bits per heavy atom. The first-order valence-electron chi connectivity index (χ1n) is 2.81. The molecule has 0 aliphatic carbocycles. The average molecular weight is 125 g/mol. The Hall–Kier alpha value is -1.04. The third-order valence-corrected chi connectivity index (χ3v) is 1.13. The highest BCUT2D eigenvalue weighted by Gasteiger charge is 1.94. The van der Waals surface area contributed by atoms with E-state index >= 15 is 0 Å². The lowest BCUT2D eigenvalue weighted by Gasteiger charge is -2.13. The van der Waals surface area contributed by atoms with E-state index in [-0.39, 0.29) is 0 Å². The first-order valence-corrected chi connectivity index (χ1v) is 2.81. The molecule has 0 spiro atoms. The molecule has 0 fully saturated rings. The summed E-state index contributed by atoms with van der Waals surface area (Å²) in [5, 5.41) is 15.2. The molecule has 0 aliphatic heterocycles. The van der Waals surface area contributed by atoms with Crippen LogP contribution in [0.25, 0.3) is 0 Å². The molecule has 0 bridgehead atoms. The van der Waals surface area contributed by atoms with E-state index < -0.39 is 0 Å². The molecule has 0 amide bonds. The molecule has 50 valence electrons. The number of rotatable bonds is 2. The summed E-state index contributed by atoms with van der Waals surface area (Å²) < 4.78 is 0. The third kappa shape index (κ3) is 3.53. The van der Waals surface area contributed by atoms with Crippen LogP contribution in [0.1, 0.15) is 13.3 Å². The van der Waals surface area contributed by atoms with Crippen molar-refractivity contribution in [1.29, 1.82) is 10.7 Å². The van der Waals surface area contributed by atoms with Crippen LogP contribution in [0.15, 0.2) is 0 Å². The van der Waals surface area contributed by atoms with Crippen molar-refractivity contribution < 1.29 is 0 Å². The van der Waals surface area contributed by atoms with Crippen molar-refractivity contribution in [2.75, 3.05) is 13.6 Å². The van der Waals surface area contributed by atoms with Crippen molar-refractivity contribution >= 4 is 5.84 Å². The molecule has 0 aromatic heterocycles. The summed E-state index contributed by atoms with van der Waals surface area (Å²) in [5.74, 6) is 0.505. The second-order valence-corrected chi connectivity index (χ2v) is 1.92. The van der Waals surface area contributed by atoms with Crippen molar-refractivity contribution in [1.82, 2.24) is 4.90 Å². The molecule has 0 saturated carbocycles. The molecule has 0 aromatic carbocycles. The van der Waals surface area contributed by atoms with E-state index in [1.54, 1.807) is 18.9 Å². The van der Waals surface area contributed by atoms with Crippen LogP contribution in [-0.2, 0) is 0 Å². The summed E-state index contributed by atoms with van der Waals surface area (Å²) >= 11 is 0. The van der Waals surface area contributed by atoms with Crippen LogP contribution in [0.2, 0.25) is 0 Å². The fraction of sp³-hybridized carbons (Fsp3) is 0.667. The maximum Gasteiger partial charge on any atom is 0.0923 e. The monoisotopic (exact) mass is 125 g/mol. The molecule has 0 atom stereocenters. The van der Waals surface area contributed by atoms with E-state index in [4.69, 9.17) is 10.7 Å². The van der Waals surface area contributed by atoms with Gasteiger partial charge in [-0.05, 0) is 6.92 Å². The summed E-state index contributed by atoms with van der Waals surface area (Å²) in [6, 6.07) is 2.02. The van der Waals surface area contributed by atoms with Gasteiger partial charge in [0.2, 0.25) is 0 Å². The van der Waals surface area contributed by atoms with Gasteiger partial charge < -0.3 is 4.90 Å². The quantitative estimate of drug-likeness (QED) is 0.439. The number of nitrogens with one attached hydrogen (secondary N) is 1. The highest BCUT2D eigenvalue weighted by molar-refractivity contribution is 5.75. The number of amidine groups is 1. The van der Waals surface area contributed by atoms with E-state index in [0.717, 1.165) is 0 Å². The zero-order chi connectivity index (χ0) is 7.28. The zero-order valence-electron chi connectivity index (χ0n) is 5.81. The van der Waals surface area contributed by atoms with Gasteiger partial charge in [-0.15, -0.1) is 0 Å². The van der Waals surface area contributed by atoms with Gasteiger partial charge in [-0.25, -0.2) is 0 Å². The average Bonchev–Trinajstić information content (AvgIpc) is 1.82. The predicted molar refractivity (Wildman–Crippen MR) is 36.3 cm³/mol. The summed E-state index contributed by atoms with van der Waals surface area (Å²) in [6.45, 7) is 2.36. The Morgan fingerprint density at radius 3 is 2.67 bits per heavy atom. The Kier molecular flexibility index (Phi) is 3.45. The molecule has 0 aliphatic rings. The van der Waals surface area contributed by atoms with Crippen LogP contribution >= 0.6 is 0 Å². The lowest BCUT2D eigenvalue weighted by molar-refractivity contribution is 0.509. The van der Waals surface area contributed by atoms with Gasteiger partial charge in [-0.2, -0.15) is 5.26 Å². The Morgan fingerprint density at radius 1 is 1.78 bits per heavy atom. The van der Waals surface area contributed by atoms with Gasteiger partial charge >= 0.3 is 0 Å². The van der Waals surface area contributed by atoms with Crippen LogP contribution in [0.5, 0.6) is 0 Å². The van der Waals surface area contributed by atoms with Crippen molar-refractivity contribution in [3.05, 3.63) is 0 Å². The lowest BCUT2D eigenvalue weighted by atomic mass is 10.4. The molecule has 0 saturated heterocycles. The summed E-state index contributed by atoms with van der Waals surface area (Å²) in [4.78, 5) is 1.74. The molecular formula is C6H11N3. The van der Waals surface area contributed by atoms with Gasteiger partial charge in [-0.3, -0.25) is 5.41 Å². The Balaban J connectivity index is 3.41. The Bertz CT molecular complexity index is 134. The molecular weight excluding hydrogens is 114 g/mol. The highest BCUT2D eigenvalue weighted by atomic mass is 15.1. The van der Waals surface area contributed by atoms with Crippen molar-refractivity contribution in [2.45, 2.75) is 13.3 Å². The number of nitrogens with zero attached hydrogens (tertiary/aromatic N) is 2. The van der Waals surface area contributed by atoms with Crippen molar-refractivity contribution in [2.24, 2.45) is 0 Å². The standard InChI is InChI=1S/C6H11N3/c1-6(8)9(2)5-3-4-7/h8H,3,5H2,1-2H3. The molecule has 0 rings (SSSR count). The van der Waals surface area contributed by atoms with Crippen LogP contribution in [-0.4, -0.2) is 24.3 Å². The largest absolute Gasteiger partial charge is 0.363 e. The topological polar surface area (TPSA) is 50.9 Å². The predicted octanol–water partition coefficient (Wildman–Crippen LogP) is 0.829. The molecule has 9 heavy (non-hydrogen) atoms. The Labute approximate surface area is 55.4 Å². The van der Waals surface area contributed by atoms with Crippen LogP contribution in [0.3, 0.4) is 0 Å². The normalized spacial score (nSPS) is 8.11. The molecule has 1 N–H and O–H groups in total. The molecule has 0 unspecified atom stereocenters. The van der Waals surface area contributed by atoms with Crippen LogP contribution in [0.4, 0.5) is 0 Å². The highest BCUT2D eigenvalue weighted by Crippen LogP contribution is 1.85. The SMILES string of the molecule is CC(=N)N(C)CCC#N. The summed E-state index contributed by atoms with van der Waals surface area (Å²) in [7, 11) is 1.81. The number of nitriles is 1. The molecule has 0 aromatic rings. The maximum absolute atomic E-state index is 8.15. The van der Waals surface area contributed by atoms with Gasteiger partial charge in [-0.1, -0.05) is 0 Å². The van der Waals surface area contributed by atoms with E-state index in [1.165, 1.54) is 0 Å². The fourth-order valence-corrected chi connectivity index (χ4v) is 0.385. The van der Waals surface area contributed by atoms with E-state index in [2.05, 4.69) is 0 Å². The minimum absolute atomic E-state index is 0.493. The van der Waals surface area contributed by atoms with Crippen LogP contribution in [0, 0.1) is 16.7 Å². The second-order valence-electron chi connectivity index (χ2n) is 1.92. The zero-order valence-corrected chi connectivity index (χ0v) is 5.81. The van der Waals surface area contributed by atoms with Gasteiger partial charge in [0.1, 0.15) is 0 Å². The minimum Gasteiger partial charge on any atom is -0.363 e. The first kappa shape index (κ1) is 7.96. The van der Waals surface area contributed by atoms with Crippen LogP contribution < -0.4 is 0 Å². The third-order valence-electron chi connectivity index (χ3n) is 1.13. The van der Waals surface area contributed by atoms with Gasteiger partial charge in [0.05, 0.1) is 18.3 Å². The van der Waals surface area contributed by atoms with Gasteiger partial charge in [0.15, 0.2) is 0 Å². The second kappa shape index (κ2) is 3.90. The fourth-order valence-electron chi connectivity index (χ4n) is 0.385. The lowest BCUT2D eigenvalue weighted by Crippen LogP contribution is -2.23. The minimum atomic E-state index is 0.493. The number of hydrogen-bond acceptors (Lipinski definition) is 2. The summed E-state index contributed by atoms with van der Waals surface area (Å²) in [5.41, 5.74) is 0.